The second-order valence-electron chi connectivity index (χ2n) is 4.29. The fraction of sp³-hybridized carbons (Fsp3) is 0.133. The number of hydrazone groups is 1. The Labute approximate surface area is 140 Å². The molecule has 0 saturated carbocycles. The number of nitrogens with zero attached hydrogens (tertiary/aromatic N) is 1. The Kier molecular flexibility index (Phi) is 5.64. The van der Waals surface area contributed by atoms with Crippen molar-refractivity contribution in [3.8, 4) is 0 Å². The average Bonchev–Trinajstić information content (AvgIpc) is 2.42. The molecule has 0 aliphatic heterocycles. The van der Waals surface area contributed by atoms with E-state index >= 15 is 0 Å². The van der Waals surface area contributed by atoms with Crippen LogP contribution in [0.3, 0.4) is 0 Å². The molecule has 2 aromatic rings. The summed E-state index contributed by atoms with van der Waals surface area (Å²) in [5.41, 5.74) is 6.21. The van der Waals surface area contributed by atoms with Crippen LogP contribution >= 0.6 is 43.5 Å². The molecule has 20 heavy (non-hydrogen) atoms. The van der Waals surface area contributed by atoms with Crippen molar-refractivity contribution < 1.29 is 0 Å². The molecule has 104 valence electrons. The fourth-order valence-corrected chi connectivity index (χ4v) is 3.06. The van der Waals surface area contributed by atoms with E-state index in [9.17, 15) is 0 Å². The topological polar surface area (TPSA) is 24.4 Å². The first-order chi connectivity index (χ1) is 9.58. The minimum absolute atomic E-state index is 0.602. The maximum Gasteiger partial charge on any atom is 0.0594 e. The van der Waals surface area contributed by atoms with Gasteiger partial charge in [-0.05, 0) is 41.8 Å². The van der Waals surface area contributed by atoms with Gasteiger partial charge in [0.05, 0.1) is 12.8 Å². The summed E-state index contributed by atoms with van der Waals surface area (Å²) >= 11 is 13.1. The zero-order valence-electron chi connectivity index (χ0n) is 10.8. The number of nitrogens with one attached hydrogen (secondary N) is 1. The molecule has 5 heteroatoms. The molecular formula is C15H13Br2ClN2. The van der Waals surface area contributed by atoms with Crippen molar-refractivity contribution in [1.82, 2.24) is 5.43 Å². The van der Waals surface area contributed by atoms with Gasteiger partial charge in [-0.15, -0.1) is 0 Å². The number of hydrogen-bond donors (Lipinski definition) is 1. The van der Waals surface area contributed by atoms with E-state index in [-0.39, 0.29) is 0 Å². The van der Waals surface area contributed by atoms with Crippen molar-refractivity contribution in [2.45, 2.75) is 13.5 Å². The average molecular weight is 417 g/mol. The highest BCUT2D eigenvalue weighted by Gasteiger charge is 2.01. The molecule has 0 aromatic heterocycles. The molecule has 0 bridgehead atoms. The number of benzene rings is 2. The molecular weight excluding hydrogens is 403 g/mol. The van der Waals surface area contributed by atoms with Crippen LogP contribution in [0.25, 0.3) is 0 Å². The molecule has 2 nitrogen and oxygen atoms in total. The molecule has 0 heterocycles. The summed E-state index contributed by atoms with van der Waals surface area (Å²) in [6.45, 7) is 2.65. The SMILES string of the molecule is Cc1c(Br)cc(/C=N\NCc2ccccc2Cl)cc1Br. The molecule has 0 atom stereocenters. The van der Waals surface area contributed by atoms with Crippen molar-refractivity contribution in [1.29, 1.82) is 0 Å². The van der Waals surface area contributed by atoms with Gasteiger partial charge in [0.1, 0.15) is 0 Å². The molecule has 0 unspecified atom stereocenters. The van der Waals surface area contributed by atoms with Crippen molar-refractivity contribution in [3.05, 3.63) is 67.1 Å². The second-order valence-corrected chi connectivity index (χ2v) is 6.41. The van der Waals surface area contributed by atoms with E-state index in [4.69, 9.17) is 11.6 Å². The van der Waals surface area contributed by atoms with Gasteiger partial charge in [0, 0.05) is 14.0 Å². The molecule has 1 N–H and O–H groups in total. The van der Waals surface area contributed by atoms with E-state index in [2.05, 4.69) is 42.4 Å². The summed E-state index contributed by atoms with van der Waals surface area (Å²) in [6.07, 6.45) is 1.78. The van der Waals surface area contributed by atoms with E-state index in [1.807, 2.05) is 43.3 Å². The zero-order valence-corrected chi connectivity index (χ0v) is 14.8. The normalized spacial score (nSPS) is 11.0. The molecule has 0 spiro atoms. The van der Waals surface area contributed by atoms with Gasteiger partial charge < -0.3 is 5.43 Å². The van der Waals surface area contributed by atoms with Crippen molar-refractivity contribution in [2.75, 3.05) is 0 Å². The molecule has 0 aliphatic carbocycles. The summed E-state index contributed by atoms with van der Waals surface area (Å²) < 4.78 is 2.11. The van der Waals surface area contributed by atoms with Gasteiger partial charge in [-0.25, -0.2) is 0 Å². The highest BCUT2D eigenvalue weighted by Crippen LogP contribution is 2.25. The maximum absolute atomic E-state index is 6.07. The zero-order chi connectivity index (χ0) is 14.5. The Bertz CT molecular complexity index is 619. The first-order valence-corrected chi connectivity index (χ1v) is 7.99. The van der Waals surface area contributed by atoms with Crippen LogP contribution < -0.4 is 5.43 Å². The third-order valence-electron chi connectivity index (χ3n) is 2.84. The summed E-state index contributed by atoms with van der Waals surface area (Å²) in [5.74, 6) is 0. The third kappa shape index (κ3) is 4.08. The van der Waals surface area contributed by atoms with E-state index in [1.54, 1.807) is 6.21 Å². The Morgan fingerprint density at radius 2 is 1.85 bits per heavy atom. The Morgan fingerprint density at radius 3 is 2.50 bits per heavy atom. The third-order valence-corrected chi connectivity index (χ3v) is 4.85. The van der Waals surface area contributed by atoms with Crippen LogP contribution in [0.1, 0.15) is 16.7 Å². The van der Waals surface area contributed by atoms with Crippen molar-refractivity contribution in [2.24, 2.45) is 5.10 Å². The van der Waals surface area contributed by atoms with Gasteiger partial charge in [0.15, 0.2) is 0 Å². The molecule has 0 amide bonds. The molecule has 2 rings (SSSR count). The van der Waals surface area contributed by atoms with E-state index in [1.165, 1.54) is 5.56 Å². The van der Waals surface area contributed by atoms with Crippen LogP contribution in [0.4, 0.5) is 0 Å². The first-order valence-electron chi connectivity index (χ1n) is 6.03. The van der Waals surface area contributed by atoms with Crippen LogP contribution in [0, 0.1) is 6.92 Å². The minimum atomic E-state index is 0.602. The first kappa shape index (κ1) is 15.5. The molecule has 0 fully saturated rings. The quantitative estimate of drug-likeness (QED) is 0.531. The van der Waals surface area contributed by atoms with Gasteiger partial charge in [-0.3, -0.25) is 0 Å². The fourth-order valence-electron chi connectivity index (χ4n) is 1.63. The van der Waals surface area contributed by atoms with Gasteiger partial charge >= 0.3 is 0 Å². The van der Waals surface area contributed by atoms with Gasteiger partial charge in [-0.2, -0.15) is 5.10 Å². The predicted octanol–water partition coefficient (Wildman–Crippen LogP) is 5.30. The van der Waals surface area contributed by atoms with Crippen LogP contribution in [0.2, 0.25) is 5.02 Å². The highest BCUT2D eigenvalue weighted by molar-refractivity contribution is 9.11. The van der Waals surface area contributed by atoms with E-state index < -0.39 is 0 Å². The summed E-state index contributed by atoms with van der Waals surface area (Å²) in [7, 11) is 0. The highest BCUT2D eigenvalue weighted by atomic mass is 79.9. The number of hydrogen-bond acceptors (Lipinski definition) is 2. The van der Waals surface area contributed by atoms with Crippen LogP contribution in [0.15, 0.2) is 50.4 Å². The monoisotopic (exact) mass is 414 g/mol. The lowest BCUT2D eigenvalue weighted by Gasteiger charge is -2.04. The lowest BCUT2D eigenvalue weighted by atomic mass is 10.2. The second kappa shape index (κ2) is 7.25. The largest absolute Gasteiger partial charge is 0.306 e. The smallest absolute Gasteiger partial charge is 0.0594 e. The Hall–Kier alpha value is -0.840. The molecule has 0 aliphatic rings. The Morgan fingerprint density at radius 1 is 1.20 bits per heavy atom. The van der Waals surface area contributed by atoms with Gasteiger partial charge in [0.25, 0.3) is 0 Å². The maximum atomic E-state index is 6.07. The van der Waals surface area contributed by atoms with Crippen molar-refractivity contribution >= 4 is 49.7 Å². The standard InChI is InChI=1S/C15H13Br2ClN2/c1-10-13(16)6-11(7-14(10)17)8-19-20-9-12-4-2-3-5-15(12)18/h2-8,20H,9H2,1H3/b19-8-. The molecule has 0 radical (unpaired) electrons. The number of rotatable bonds is 4. The van der Waals surface area contributed by atoms with Crippen LogP contribution in [-0.2, 0) is 6.54 Å². The predicted molar refractivity (Wildman–Crippen MR) is 92.5 cm³/mol. The van der Waals surface area contributed by atoms with Gasteiger partial charge in [-0.1, -0.05) is 61.7 Å². The molecule has 0 saturated heterocycles. The summed E-state index contributed by atoms with van der Waals surface area (Å²) in [4.78, 5) is 0. The Balaban J connectivity index is 1.99. The minimum Gasteiger partial charge on any atom is -0.306 e. The summed E-state index contributed by atoms with van der Waals surface area (Å²) in [6, 6.07) is 11.8. The number of halogens is 3. The van der Waals surface area contributed by atoms with E-state index in [0.717, 1.165) is 25.1 Å². The van der Waals surface area contributed by atoms with Crippen molar-refractivity contribution in [3.63, 3.8) is 0 Å². The lowest BCUT2D eigenvalue weighted by Crippen LogP contribution is -2.06. The van der Waals surface area contributed by atoms with E-state index in [0.29, 0.717) is 6.54 Å². The van der Waals surface area contributed by atoms with Crippen LogP contribution in [0.5, 0.6) is 0 Å². The molecule has 2 aromatic carbocycles. The summed E-state index contributed by atoms with van der Waals surface area (Å²) in [5, 5.41) is 4.96. The van der Waals surface area contributed by atoms with Gasteiger partial charge in [0.2, 0.25) is 0 Å². The lowest BCUT2D eigenvalue weighted by molar-refractivity contribution is 0.748. The van der Waals surface area contributed by atoms with Crippen LogP contribution in [-0.4, -0.2) is 6.21 Å².